The Morgan fingerprint density at radius 1 is 0.800 bits per heavy atom. The van der Waals surface area contributed by atoms with Crippen LogP contribution in [-0.4, -0.2) is 0 Å². The summed E-state index contributed by atoms with van der Waals surface area (Å²) in [5.74, 6) is 0.321. The number of hydrogen-bond donors (Lipinski definition) is 0. The molecule has 0 radical (unpaired) electrons. The van der Waals surface area contributed by atoms with E-state index < -0.39 is 0 Å². The van der Waals surface area contributed by atoms with E-state index >= 15 is 0 Å². The third-order valence-corrected chi connectivity index (χ3v) is 3.94. The average Bonchev–Trinajstić information content (AvgIpc) is 2.54. The van der Waals surface area contributed by atoms with Crippen LogP contribution in [0, 0.1) is 0 Å². The van der Waals surface area contributed by atoms with Crippen LogP contribution in [0.3, 0.4) is 0 Å². The van der Waals surface area contributed by atoms with Crippen molar-refractivity contribution >= 4 is 16.3 Å². The van der Waals surface area contributed by atoms with Crippen molar-refractivity contribution in [2.75, 3.05) is 0 Å². The average molecular weight is 258 g/mol. The summed E-state index contributed by atoms with van der Waals surface area (Å²) in [6, 6.07) is 25.6. The van der Waals surface area contributed by atoms with E-state index in [1.807, 2.05) is 6.07 Å². The molecule has 20 heavy (non-hydrogen) atoms. The standard InChI is InChI=1S/C20H18/c1-15(17-8-4-3-5-9-17)16(2)19-13-12-18-10-6-7-11-20(18)14-19/h3-14,16H,1H2,2H3/t16-/m0/s1. The number of allylic oxidation sites excluding steroid dienone is 1. The molecule has 0 fully saturated rings. The van der Waals surface area contributed by atoms with Crippen molar-refractivity contribution in [1.82, 2.24) is 0 Å². The fraction of sp³-hybridized carbons (Fsp3) is 0.100. The van der Waals surface area contributed by atoms with Gasteiger partial charge in [0.15, 0.2) is 0 Å². The largest absolute Gasteiger partial charge is 0.0946 e. The minimum absolute atomic E-state index is 0.321. The van der Waals surface area contributed by atoms with Crippen LogP contribution >= 0.6 is 0 Å². The molecule has 0 unspecified atom stereocenters. The van der Waals surface area contributed by atoms with E-state index in [4.69, 9.17) is 0 Å². The predicted molar refractivity (Wildman–Crippen MR) is 87.8 cm³/mol. The van der Waals surface area contributed by atoms with E-state index in [2.05, 4.69) is 80.2 Å². The Morgan fingerprint density at radius 3 is 2.20 bits per heavy atom. The SMILES string of the molecule is C=C(c1ccccc1)[C@H](C)c1ccc2ccccc2c1. The van der Waals surface area contributed by atoms with Gasteiger partial charge in [0.1, 0.15) is 0 Å². The fourth-order valence-corrected chi connectivity index (χ4v) is 2.58. The van der Waals surface area contributed by atoms with Gasteiger partial charge in [0.25, 0.3) is 0 Å². The second kappa shape index (κ2) is 5.34. The molecule has 0 aromatic heterocycles. The summed E-state index contributed by atoms with van der Waals surface area (Å²) in [4.78, 5) is 0. The number of benzene rings is 3. The molecule has 1 atom stereocenters. The molecule has 0 heterocycles. The molecule has 0 aliphatic heterocycles. The zero-order chi connectivity index (χ0) is 13.9. The lowest BCUT2D eigenvalue weighted by Crippen LogP contribution is -1.96. The molecule has 0 N–H and O–H groups in total. The van der Waals surface area contributed by atoms with Gasteiger partial charge in [-0.2, -0.15) is 0 Å². The van der Waals surface area contributed by atoms with Gasteiger partial charge in [-0.15, -0.1) is 0 Å². The summed E-state index contributed by atoms with van der Waals surface area (Å²) in [7, 11) is 0. The van der Waals surface area contributed by atoms with Gasteiger partial charge in [0.05, 0.1) is 0 Å². The van der Waals surface area contributed by atoms with Crippen molar-refractivity contribution in [3.8, 4) is 0 Å². The molecule has 0 saturated carbocycles. The van der Waals surface area contributed by atoms with Gasteiger partial charge in [-0.3, -0.25) is 0 Å². The van der Waals surface area contributed by atoms with E-state index in [1.165, 1.54) is 27.5 Å². The van der Waals surface area contributed by atoms with E-state index in [1.54, 1.807) is 0 Å². The van der Waals surface area contributed by atoms with E-state index in [0.29, 0.717) is 5.92 Å². The van der Waals surface area contributed by atoms with Crippen molar-refractivity contribution in [1.29, 1.82) is 0 Å². The molecule has 0 amide bonds. The molecule has 0 aliphatic rings. The normalized spacial score (nSPS) is 12.2. The molecule has 3 aromatic carbocycles. The molecule has 0 heteroatoms. The van der Waals surface area contributed by atoms with Gasteiger partial charge in [0.2, 0.25) is 0 Å². The van der Waals surface area contributed by atoms with Gasteiger partial charge >= 0.3 is 0 Å². The van der Waals surface area contributed by atoms with E-state index in [-0.39, 0.29) is 0 Å². The molecule has 0 bridgehead atoms. The maximum Gasteiger partial charge on any atom is 0.00612 e. The first-order valence-corrected chi connectivity index (χ1v) is 6.98. The molecule has 3 aromatic rings. The number of hydrogen-bond acceptors (Lipinski definition) is 0. The van der Waals surface area contributed by atoms with Crippen LogP contribution in [0.2, 0.25) is 0 Å². The lowest BCUT2D eigenvalue weighted by molar-refractivity contribution is 0.995. The first kappa shape index (κ1) is 12.7. The van der Waals surface area contributed by atoms with Crippen LogP contribution in [0.15, 0.2) is 79.4 Å². The Bertz CT molecular complexity index is 738. The number of fused-ring (bicyclic) bond motifs is 1. The quantitative estimate of drug-likeness (QED) is 0.569. The molecular formula is C20H18. The Labute approximate surface area is 120 Å². The van der Waals surface area contributed by atoms with Crippen molar-refractivity contribution in [3.05, 3.63) is 90.5 Å². The monoisotopic (exact) mass is 258 g/mol. The van der Waals surface area contributed by atoms with Crippen molar-refractivity contribution < 1.29 is 0 Å². The first-order chi connectivity index (χ1) is 9.75. The topological polar surface area (TPSA) is 0 Å². The van der Waals surface area contributed by atoms with Crippen LogP contribution in [0.1, 0.15) is 24.0 Å². The molecule has 98 valence electrons. The second-order valence-electron chi connectivity index (χ2n) is 5.22. The summed E-state index contributed by atoms with van der Waals surface area (Å²) < 4.78 is 0. The molecule has 0 aliphatic carbocycles. The highest BCUT2D eigenvalue weighted by Gasteiger charge is 2.11. The third-order valence-electron chi connectivity index (χ3n) is 3.94. The van der Waals surface area contributed by atoms with Gasteiger partial charge in [0, 0.05) is 5.92 Å². The zero-order valence-electron chi connectivity index (χ0n) is 11.7. The summed E-state index contributed by atoms with van der Waals surface area (Å²) in [6.07, 6.45) is 0. The van der Waals surface area contributed by atoms with Gasteiger partial charge in [-0.25, -0.2) is 0 Å². The Kier molecular flexibility index (Phi) is 3.39. The summed E-state index contributed by atoms with van der Waals surface area (Å²) in [6.45, 7) is 6.50. The maximum atomic E-state index is 4.28. The van der Waals surface area contributed by atoms with Crippen LogP contribution in [0.5, 0.6) is 0 Å². The summed E-state index contributed by atoms with van der Waals surface area (Å²) in [5.41, 5.74) is 3.70. The third kappa shape index (κ3) is 2.37. The van der Waals surface area contributed by atoms with Gasteiger partial charge in [-0.1, -0.05) is 86.3 Å². The van der Waals surface area contributed by atoms with Crippen LogP contribution < -0.4 is 0 Å². The minimum Gasteiger partial charge on any atom is -0.0946 e. The lowest BCUT2D eigenvalue weighted by Gasteiger charge is -2.16. The fourth-order valence-electron chi connectivity index (χ4n) is 2.58. The summed E-state index contributed by atoms with van der Waals surface area (Å²) >= 11 is 0. The Balaban J connectivity index is 1.96. The predicted octanol–water partition coefficient (Wildman–Crippen LogP) is 5.66. The van der Waals surface area contributed by atoms with Crippen molar-refractivity contribution in [2.45, 2.75) is 12.8 Å². The highest BCUT2D eigenvalue weighted by molar-refractivity contribution is 5.84. The van der Waals surface area contributed by atoms with Crippen molar-refractivity contribution in [2.24, 2.45) is 0 Å². The first-order valence-electron chi connectivity index (χ1n) is 6.98. The van der Waals surface area contributed by atoms with Crippen LogP contribution in [0.4, 0.5) is 0 Å². The number of rotatable bonds is 3. The molecule has 0 spiro atoms. The Morgan fingerprint density at radius 2 is 1.45 bits per heavy atom. The van der Waals surface area contributed by atoms with Crippen LogP contribution in [0.25, 0.3) is 16.3 Å². The van der Waals surface area contributed by atoms with Crippen molar-refractivity contribution in [3.63, 3.8) is 0 Å². The van der Waals surface area contributed by atoms with E-state index in [0.717, 1.165) is 0 Å². The van der Waals surface area contributed by atoms with Gasteiger partial charge < -0.3 is 0 Å². The highest BCUT2D eigenvalue weighted by atomic mass is 14.2. The lowest BCUT2D eigenvalue weighted by atomic mass is 9.88. The highest BCUT2D eigenvalue weighted by Crippen LogP contribution is 2.31. The molecule has 0 nitrogen and oxygen atoms in total. The zero-order valence-corrected chi connectivity index (χ0v) is 11.7. The van der Waals surface area contributed by atoms with Crippen LogP contribution in [-0.2, 0) is 0 Å². The smallest absolute Gasteiger partial charge is 0.00612 e. The molecule has 3 rings (SSSR count). The second-order valence-corrected chi connectivity index (χ2v) is 5.22. The minimum atomic E-state index is 0.321. The van der Waals surface area contributed by atoms with Gasteiger partial charge in [-0.05, 0) is 27.5 Å². The molecule has 0 saturated heterocycles. The molecular weight excluding hydrogens is 240 g/mol. The maximum absolute atomic E-state index is 4.28. The summed E-state index contributed by atoms with van der Waals surface area (Å²) in [5, 5.41) is 2.58. The Hall–Kier alpha value is -2.34. The van der Waals surface area contributed by atoms with E-state index in [9.17, 15) is 0 Å².